The van der Waals surface area contributed by atoms with E-state index in [4.69, 9.17) is 9.47 Å². The Hall–Kier alpha value is -5.48. The topological polar surface area (TPSA) is 58.9 Å². The minimum atomic E-state index is -0.196. The largest absolute Gasteiger partial charge is 0.507 e. The molecule has 8 bridgehead atoms. The number of benzene rings is 6. The molecule has 0 spiro atoms. The Balaban J connectivity index is 1.36. The van der Waals surface area contributed by atoms with E-state index in [0.717, 1.165) is 67.1 Å². The van der Waals surface area contributed by atoms with Gasteiger partial charge in [0.1, 0.15) is 35.2 Å². The third kappa shape index (κ3) is 6.52. The van der Waals surface area contributed by atoms with Gasteiger partial charge in [-0.15, -0.1) is 0 Å². The van der Waals surface area contributed by atoms with E-state index in [2.05, 4.69) is 62.4 Å². The highest BCUT2D eigenvalue weighted by atomic mass is 16.5. The van der Waals surface area contributed by atoms with Crippen molar-refractivity contribution >= 4 is 0 Å². The summed E-state index contributed by atoms with van der Waals surface area (Å²) >= 11 is 0. The molecule has 0 amide bonds. The summed E-state index contributed by atoms with van der Waals surface area (Å²) in [4.78, 5) is 0. The molecular formula is C44H40O4. The van der Waals surface area contributed by atoms with Crippen molar-refractivity contribution in [3.63, 3.8) is 0 Å². The van der Waals surface area contributed by atoms with Crippen molar-refractivity contribution in [2.75, 3.05) is 0 Å². The lowest BCUT2D eigenvalue weighted by molar-refractivity contribution is 0.223. The van der Waals surface area contributed by atoms with Gasteiger partial charge in [-0.2, -0.15) is 0 Å². The number of rotatable bonds is 6. The zero-order chi connectivity index (χ0) is 33.0. The van der Waals surface area contributed by atoms with E-state index < -0.39 is 0 Å². The van der Waals surface area contributed by atoms with E-state index >= 15 is 0 Å². The van der Waals surface area contributed by atoms with Crippen LogP contribution in [0.25, 0.3) is 0 Å². The fourth-order valence-corrected chi connectivity index (χ4v) is 6.75. The molecule has 2 N–H and O–H groups in total. The van der Waals surface area contributed by atoms with Gasteiger partial charge >= 0.3 is 0 Å². The van der Waals surface area contributed by atoms with E-state index in [9.17, 15) is 10.2 Å². The van der Waals surface area contributed by atoms with Crippen molar-refractivity contribution in [2.45, 2.75) is 51.7 Å². The van der Waals surface area contributed by atoms with Crippen LogP contribution in [0.3, 0.4) is 0 Å². The Morgan fingerprint density at radius 1 is 0.375 bits per heavy atom. The van der Waals surface area contributed by atoms with Crippen LogP contribution in [-0.2, 0) is 25.7 Å². The third-order valence-electron chi connectivity index (χ3n) is 9.41. The summed E-state index contributed by atoms with van der Waals surface area (Å²) in [6.07, 6.45) is 1.57. The van der Waals surface area contributed by atoms with Crippen molar-refractivity contribution in [1.82, 2.24) is 0 Å². The first kappa shape index (κ1) is 31.1. The van der Waals surface area contributed by atoms with Crippen LogP contribution in [0.1, 0.15) is 81.7 Å². The maximum Gasteiger partial charge on any atom is 0.127 e. The van der Waals surface area contributed by atoms with Crippen molar-refractivity contribution in [1.29, 1.82) is 0 Å². The predicted molar refractivity (Wildman–Crippen MR) is 191 cm³/mol. The molecule has 0 aliphatic heterocycles. The Labute approximate surface area is 282 Å². The first-order valence-corrected chi connectivity index (χ1v) is 16.7. The van der Waals surface area contributed by atoms with Crippen LogP contribution in [-0.4, -0.2) is 10.2 Å². The maximum atomic E-state index is 11.7. The normalized spacial score (nSPS) is 13.7. The van der Waals surface area contributed by atoms with Crippen molar-refractivity contribution in [3.05, 3.63) is 189 Å². The van der Waals surface area contributed by atoms with Gasteiger partial charge in [-0.1, -0.05) is 133 Å². The van der Waals surface area contributed by atoms with Gasteiger partial charge in [0, 0.05) is 25.7 Å². The molecule has 4 nitrogen and oxygen atoms in total. The molecule has 240 valence electrons. The van der Waals surface area contributed by atoms with E-state index in [1.807, 2.05) is 84.9 Å². The van der Waals surface area contributed by atoms with E-state index in [0.29, 0.717) is 25.7 Å². The lowest BCUT2D eigenvalue weighted by Gasteiger charge is -2.23. The predicted octanol–water partition coefficient (Wildman–Crippen LogP) is 10.1. The second kappa shape index (κ2) is 13.7. The van der Waals surface area contributed by atoms with Gasteiger partial charge in [-0.25, -0.2) is 0 Å². The molecule has 0 unspecified atom stereocenters. The Morgan fingerprint density at radius 2 is 0.646 bits per heavy atom. The summed E-state index contributed by atoms with van der Waals surface area (Å²) in [5.41, 5.74) is 9.39. The van der Waals surface area contributed by atoms with Crippen molar-refractivity contribution in [2.24, 2.45) is 0 Å². The number of hydrogen-bond donors (Lipinski definition) is 2. The molecule has 0 saturated carbocycles. The molecule has 48 heavy (non-hydrogen) atoms. The molecule has 0 fully saturated rings. The smallest absolute Gasteiger partial charge is 0.127 e. The zero-order valence-electron chi connectivity index (χ0n) is 27.4. The number of para-hydroxylation sites is 4. The molecule has 4 heteroatoms. The number of phenolic OH excluding ortho intramolecular Hbond substituents is 2. The minimum Gasteiger partial charge on any atom is -0.507 e. The van der Waals surface area contributed by atoms with Crippen LogP contribution < -0.4 is 9.47 Å². The van der Waals surface area contributed by atoms with E-state index in [1.165, 1.54) is 0 Å². The van der Waals surface area contributed by atoms with Gasteiger partial charge in [0.2, 0.25) is 0 Å². The third-order valence-corrected chi connectivity index (χ3v) is 9.41. The fraction of sp³-hybridized carbons (Fsp3) is 0.182. The first-order valence-electron chi connectivity index (χ1n) is 16.7. The van der Waals surface area contributed by atoms with Crippen LogP contribution in [0.5, 0.6) is 23.0 Å². The molecule has 6 aromatic carbocycles. The van der Waals surface area contributed by atoms with Crippen LogP contribution in [0.4, 0.5) is 0 Å². The van der Waals surface area contributed by atoms with Crippen LogP contribution in [0.15, 0.2) is 133 Å². The molecule has 0 saturated heterocycles. The summed E-state index contributed by atoms with van der Waals surface area (Å²) in [6, 6.07) is 44.7. The zero-order valence-corrected chi connectivity index (χ0v) is 27.4. The second-order valence-corrected chi connectivity index (χ2v) is 12.7. The first-order chi connectivity index (χ1) is 23.4. The lowest BCUT2D eigenvalue weighted by Crippen LogP contribution is -2.09. The van der Waals surface area contributed by atoms with E-state index in [-0.39, 0.29) is 23.7 Å². The number of phenols is 2. The van der Waals surface area contributed by atoms with Crippen LogP contribution in [0.2, 0.25) is 0 Å². The molecular weight excluding hydrogens is 592 g/mol. The van der Waals surface area contributed by atoms with E-state index in [1.54, 1.807) is 0 Å². The average molecular weight is 633 g/mol. The van der Waals surface area contributed by atoms with Gasteiger partial charge in [0.15, 0.2) is 0 Å². The van der Waals surface area contributed by atoms with Gasteiger partial charge < -0.3 is 19.7 Å². The summed E-state index contributed by atoms with van der Waals surface area (Å²) < 4.78 is 13.5. The minimum absolute atomic E-state index is 0.196. The Morgan fingerprint density at radius 3 is 0.938 bits per heavy atom. The molecule has 1 aliphatic carbocycles. The highest BCUT2D eigenvalue weighted by molar-refractivity contribution is 5.55. The van der Waals surface area contributed by atoms with Crippen molar-refractivity contribution < 1.29 is 19.7 Å². The molecule has 0 aromatic heterocycles. The highest BCUT2D eigenvalue weighted by Crippen LogP contribution is 2.40. The van der Waals surface area contributed by atoms with Gasteiger partial charge in [0.25, 0.3) is 0 Å². The lowest BCUT2D eigenvalue weighted by atomic mass is 9.91. The summed E-state index contributed by atoms with van der Waals surface area (Å²) in [7, 11) is 0. The highest BCUT2D eigenvalue weighted by Gasteiger charge is 2.22. The molecule has 6 aromatic rings. The average Bonchev–Trinajstić information content (AvgIpc) is 3.11. The Bertz CT molecular complexity index is 1800. The number of hydrogen-bond acceptors (Lipinski definition) is 4. The maximum absolute atomic E-state index is 11.7. The van der Waals surface area contributed by atoms with Crippen LogP contribution in [0, 0.1) is 0 Å². The standard InChI is InChI=1S/C44H40O4/c1-29(31-13-5-3-6-14-31)47-43-37-21-11-22-38(43)26-34-18-10-20-36(42(34)46)28-40-24-12-23-39(27-35-19-9-17-33(25-37)41(35)45)44(40)48-30(2)32-15-7-4-8-16-32/h3-24,29-30,45-46H,25-28H2,1-2H3/t29-,30-/m0/s1. The van der Waals surface area contributed by atoms with Crippen LogP contribution >= 0.6 is 0 Å². The molecule has 0 radical (unpaired) electrons. The number of fused-ring (bicyclic) bond motifs is 8. The molecule has 7 rings (SSSR count). The monoisotopic (exact) mass is 632 g/mol. The summed E-state index contributed by atoms with van der Waals surface area (Å²) in [5, 5.41) is 23.5. The second-order valence-electron chi connectivity index (χ2n) is 12.7. The number of aromatic hydroxyl groups is 2. The van der Waals surface area contributed by atoms with Gasteiger partial charge in [-0.3, -0.25) is 0 Å². The summed E-state index contributed by atoms with van der Waals surface area (Å²) in [6.45, 7) is 4.12. The Kier molecular flexibility index (Phi) is 8.89. The molecule has 1 aliphatic rings. The fourth-order valence-electron chi connectivity index (χ4n) is 6.75. The molecule has 2 atom stereocenters. The van der Waals surface area contributed by atoms with Gasteiger partial charge in [-0.05, 0) is 69.5 Å². The van der Waals surface area contributed by atoms with Gasteiger partial charge in [0.05, 0.1) is 0 Å². The SMILES string of the molecule is C[C@H](Oc1c2cccc1Cc1cccc(c1O)Cc1cccc(c1O[C@@H](C)c1ccccc1)Cc1cccc(c1O)C2)c1ccccc1. The summed E-state index contributed by atoms with van der Waals surface area (Å²) in [5.74, 6) is 2.14. The quantitative estimate of drug-likeness (QED) is 0.192. The molecule has 0 heterocycles. The van der Waals surface area contributed by atoms with Crippen molar-refractivity contribution in [3.8, 4) is 23.0 Å². The number of ether oxygens (including phenoxy) is 2.